The second-order valence-electron chi connectivity index (χ2n) is 10.5. The molecule has 26 heavy (non-hydrogen) atoms. The molecule has 154 valence electrons. The van der Waals surface area contributed by atoms with Crippen LogP contribution >= 0.6 is 0 Å². The van der Waals surface area contributed by atoms with Crippen molar-refractivity contribution < 1.29 is 14.2 Å². The Hall–Kier alpha value is -0.160. The first-order valence-electron chi connectivity index (χ1n) is 10.7. The van der Waals surface area contributed by atoms with Gasteiger partial charge >= 0.3 is 0 Å². The van der Waals surface area contributed by atoms with E-state index in [-0.39, 0.29) is 5.60 Å². The highest BCUT2D eigenvalue weighted by Gasteiger charge is 2.33. The highest BCUT2D eigenvalue weighted by atomic mass is 16.5. The van der Waals surface area contributed by atoms with Crippen LogP contribution in [0.5, 0.6) is 0 Å². The molecule has 2 aliphatic rings. The summed E-state index contributed by atoms with van der Waals surface area (Å²) < 4.78 is 17.6. The minimum atomic E-state index is -0.0200. The van der Waals surface area contributed by atoms with Gasteiger partial charge in [0.2, 0.25) is 0 Å². The normalized spacial score (nSPS) is 29.3. The van der Waals surface area contributed by atoms with E-state index in [1.165, 1.54) is 19.3 Å². The molecule has 4 heteroatoms. The fourth-order valence-electron chi connectivity index (χ4n) is 4.02. The van der Waals surface area contributed by atoms with Crippen molar-refractivity contribution in [1.29, 1.82) is 0 Å². The van der Waals surface area contributed by atoms with E-state index in [0.717, 1.165) is 51.5 Å². The standard InChI is InChI=1S/C22H43NO3/c1-21(2,3)16-17-12-19(13-17)25-10-7-9-24-11-8-23-18-14-20(15-18)26-22(4,5)6/h17-20,23H,7-16H2,1-6H3. The van der Waals surface area contributed by atoms with Crippen molar-refractivity contribution in [3.8, 4) is 0 Å². The predicted molar refractivity (Wildman–Crippen MR) is 108 cm³/mol. The van der Waals surface area contributed by atoms with Crippen LogP contribution in [-0.4, -0.2) is 50.2 Å². The smallest absolute Gasteiger partial charge is 0.0612 e. The summed E-state index contributed by atoms with van der Waals surface area (Å²) in [6.07, 6.45) is 8.03. The van der Waals surface area contributed by atoms with Crippen LogP contribution in [0.15, 0.2) is 0 Å². The van der Waals surface area contributed by atoms with Gasteiger partial charge in [-0.3, -0.25) is 0 Å². The molecule has 0 radical (unpaired) electrons. The number of nitrogens with one attached hydrogen (secondary N) is 1. The molecule has 0 spiro atoms. The SMILES string of the molecule is CC(C)(C)CC1CC(OCCCOCCNC2CC(OC(C)(C)C)C2)C1. The van der Waals surface area contributed by atoms with Gasteiger partial charge in [0.15, 0.2) is 0 Å². The number of ether oxygens (including phenoxy) is 3. The van der Waals surface area contributed by atoms with Crippen LogP contribution in [0, 0.1) is 11.3 Å². The Morgan fingerprint density at radius 3 is 2.15 bits per heavy atom. The Balaban J connectivity index is 1.32. The summed E-state index contributed by atoms with van der Waals surface area (Å²) in [6.45, 7) is 16.7. The van der Waals surface area contributed by atoms with E-state index in [2.05, 4.69) is 46.9 Å². The van der Waals surface area contributed by atoms with E-state index in [9.17, 15) is 0 Å². The average Bonchev–Trinajstić information content (AvgIpc) is 2.41. The van der Waals surface area contributed by atoms with Gasteiger partial charge in [0.05, 0.1) is 24.4 Å². The Kier molecular flexibility index (Phi) is 8.39. The van der Waals surface area contributed by atoms with E-state index in [4.69, 9.17) is 14.2 Å². The van der Waals surface area contributed by atoms with Gasteiger partial charge in [0.25, 0.3) is 0 Å². The minimum Gasteiger partial charge on any atom is -0.380 e. The Bertz CT molecular complexity index is 349. The molecule has 0 aromatic heterocycles. The van der Waals surface area contributed by atoms with E-state index in [0.29, 0.717) is 23.7 Å². The molecule has 0 amide bonds. The summed E-state index contributed by atoms with van der Waals surface area (Å²) in [5.41, 5.74) is 0.436. The van der Waals surface area contributed by atoms with E-state index >= 15 is 0 Å². The molecule has 0 aromatic rings. The van der Waals surface area contributed by atoms with Gasteiger partial charge in [0, 0.05) is 25.8 Å². The van der Waals surface area contributed by atoms with Crippen molar-refractivity contribution >= 4 is 0 Å². The zero-order valence-corrected chi connectivity index (χ0v) is 18.1. The predicted octanol–water partition coefficient (Wildman–Crippen LogP) is 4.56. The first-order valence-corrected chi connectivity index (χ1v) is 10.7. The molecule has 2 saturated carbocycles. The number of hydrogen-bond acceptors (Lipinski definition) is 4. The lowest BCUT2D eigenvalue weighted by Gasteiger charge is -2.39. The fourth-order valence-corrected chi connectivity index (χ4v) is 4.02. The lowest BCUT2D eigenvalue weighted by molar-refractivity contribution is -0.102. The highest BCUT2D eigenvalue weighted by molar-refractivity contribution is 4.87. The van der Waals surface area contributed by atoms with Gasteiger partial charge < -0.3 is 19.5 Å². The van der Waals surface area contributed by atoms with Gasteiger partial charge in [-0.25, -0.2) is 0 Å². The molecule has 2 rings (SSSR count). The molecule has 0 bridgehead atoms. The molecule has 2 aliphatic carbocycles. The Morgan fingerprint density at radius 1 is 0.846 bits per heavy atom. The van der Waals surface area contributed by atoms with Crippen molar-refractivity contribution in [2.45, 2.75) is 104 Å². The molecule has 0 aromatic carbocycles. The molecule has 0 atom stereocenters. The number of hydrogen-bond donors (Lipinski definition) is 1. The monoisotopic (exact) mass is 369 g/mol. The fraction of sp³-hybridized carbons (Fsp3) is 1.00. The van der Waals surface area contributed by atoms with E-state index in [1.807, 2.05) is 0 Å². The van der Waals surface area contributed by atoms with E-state index < -0.39 is 0 Å². The summed E-state index contributed by atoms with van der Waals surface area (Å²) in [4.78, 5) is 0. The summed E-state index contributed by atoms with van der Waals surface area (Å²) >= 11 is 0. The molecule has 0 heterocycles. The van der Waals surface area contributed by atoms with Crippen molar-refractivity contribution in [1.82, 2.24) is 5.32 Å². The van der Waals surface area contributed by atoms with Crippen molar-refractivity contribution in [3.63, 3.8) is 0 Å². The maximum Gasteiger partial charge on any atom is 0.0612 e. The molecular weight excluding hydrogens is 326 g/mol. The summed E-state index contributed by atoms with van der Waals surface area (Å²) in [5.74, 6) is 0.877. The van der Waals surface area contributed by atoms with E-state index in [1.54, 1.807) is 0 Å². The Morgan fingerprint density at radius 2 is 1.54 bits per heavy atom. The van der Waals surface area contributed by atoms with Crippen LogP contribution in [0.25, 0.3) is 0 Å². The largest absolute Gasteiger partial charge is 0.380 e. The Labute approximate surface area is 161 Å². The molecule has 0 saturated heterocycles. The molecule has 0 aliphatic heterocycles. The average molecular weight is 370 g/mol. The van der Waals surface area contributed by atoms with Crippen molar-refractivity contribution in [2.24, 2.45) is 11.3 Å². The minimum absolute atomic E-state index is 0.0200. The quantitative estimate of drug-likeness (QED) is 0.542. The molecule has 2 fully saturated rings. The van der Waals surface area contributed by atoms with Crippen LogP contribution in [-0.2, 0) is 14.2 Å². The third-order valence-electron chi connectivity index (χ3n) is 5.17. The van der Waals surface area contributed by atoms with Gasteiger partial charge in [-0.2, -0.15) is 0 Å². The second kappa shape index (κ2) is 9.86. The van der Waals surface area contributed by atoms with Gasteiger partial charge in [0.1, 0.15) is 0 Å². The molecule has 0 unspecified atom stereocenters. The zero-order chi connectivity index (χ0) is 19.2. The topological polar surface area (TPSA) is 39.7 Å². The zero-order valence-electron chi connectivity index (χ0n) is 18.1. The third kappa shape index (κ3) is 9.16. The summed E-state index contributed by atoms with van der Waals surface area (Å²) in [5, 5.41) is 3.55. The number of rotatable bonds is 11. The van der Waals surface area contributed by atoms with Gasteiger partial charge in [-0.1, -0.05) is 20.8 Å². The second-order valence-corrected chi connectivity index (χ2v) is 10.5. The maximum absolute atomic E-state index is 5.95. The molecular formula is C22H43NO3. The van der Waals surface area contributed by atoms with Crippen molar-refractivity contribution in [2.75, 3.05) is 26.4 Å². The first-order chi connectivity index (χ1) is 12.1. The van der Waals surface area contributed by atoms with Crippen LogP contribution in [0.2, 0.25) is 0 Å². The van der Waals surface area contributed by atoms with Crippen molar-refractivity contribution in [3.05, 3.63) is 0 Å². The summed E-state index contributed by atoms with van der Waals surface area (Å²) in [7, 11) is 0. The lowest BCUT2D eigenvalue weighted by Crippen LogP contribution is -2.48. The maximum atomic E-state index is 5.95. The molecule has 4 nitrogen and oxygen atoms in total. The van der Waals surface area contributed by atoms with Crippen LogP contribution in [0.1, 0.15) is 80.1 Å². The van der Waals surface area contributed by atoms with Gasteiger partial charge in [-0.05, 0) is 70.6 Å². The van der Waals surface area contributed by atoms with Crippen LogP contribution in [0.3, 0.4) is 0 Å². The lowest BCUT2D eigenvalue weighted by atomic mass is 9.73. The third-order valence-corrected chi connectivity index (χ3v) is 5.17. The first kappa shape index (κ1) is 22.1. The summed E-state index contributed by atoms with van der Waals surface area (Å²) in [6, 6.07) is 0.606. The molecule has 1 N–H and O–H groups in total. The van der Waals surface area contributed by atoms with Gasteiger partial charge in [-0.15, -0.1) is 0 Å². The van der Waals surface area contributed by atoms with Crippen LogP contribution < -0.4 is 5.32 Å². The highest BCUT2D eigenvalue weighted by Crippen LogP contribution is 2.38. The van der Waals surface area contributed by atoms with Crippen LogP contribution in [0.4, 0.5) is 0 Å².